The molecule has 2 fully saturated rings. The second-order valence-corrected chi connectivity index (χ2v) is 8.46. The zero-order chi connectivity index (χ0) is 21.8. The lowest BCUT2D eigenvalue weighted by atomic mass is 9.75. The van der Waals surface area contributed by atoms with E-state index in [0.717, 1.165) is 64.2 Å². The lowest BCUT2D eigenvalue weighted by Gasteiger charge is -2.28. The summed E-state index contributed by atoms with van der Waals surface area (Å²) < 4.78 is 11.0. The lowest BCUT2D eigenvalue weighted by Crippen LogP contribution is -2.35. The van der Waals surface area contributed by atoms with Crippen LogP contribution in [-0.4, -0.2) is 55.0 Å². The van der Waals surface area contributed by atoms with Gasteiger partial charge in [0.15, 0.2) is 6.61 Å². The zero-order valence-corrected chi connectivity index (χ0v) is 18.2. The molecule has 0 aromatic rings. The number of amides is 2. The predicted octanol–water partition coefficient (Wildman–Crippen LogP) is 3.24. The van der Waals surface area contributed by atoms with Gasteiger partial charge >= 0.3 is 12.1 Å². The van der Waals surface area contributed by atoms with Gasteiger partial charge in [-0.25, -0.2) is 4.79 Å². The SMILES string of the molecule is CCCCNC(=O)OCC(=O)NCCC1C2CCC(O2)C1CCCCCCC(=O)O. The fourth-order valence-corrected chi connectivity index (χ4v) is 4.66. The number of aliphatic carboxylic acids is 1. The highest BCUT2D eigenvalue weighted by Crippen LogP contribution is 2.46. The second kappa shape index (κ2) is 13.5. The zero-order valence-electron chi connectivity index (χ0n) is 18.2. The number of carbonyl (C=O) groups is 3. The van der Waals surface area contributed by atoms with Crippen LogP contribution in [-0.2, 0) is 19.1 Å². The van der Waals surface area contributed by atoms with E-state index in [0.29, 0.717) is 37.1 Å². The van der Waals surface area contributed by atoms with E-state index in [4.69, 9.17) is 14.6 Å². The Bertz CT molecular complexity index is 556. The first-order valence-electron chi connectivity index (χ1n) is 11.6. The number of hydrogen-bond acceptors (Lipinski definition) is 5. The molecule has 0 aromatic carbocycles. The highest BCUT2D eigenvalue weighted by molar-refractivity contribution is 5.79. The van der Waals surface area contributed by atoms with Gasteiger partial charge in [0.25, 0.3) is 5.91 Å². The Labute approximate surface area is 179 Å². The van der Waals surface area contributed by atoms with Gasteiger partial charge < -0.3 is 25.2 Å². The number of carbonyl (C=O) groups excluding carboxylic acids is 2. The number of rotatable bonds is 15. The van der Waals surface area contributed by atoms with E-state index < -0.39 is 12.1 Å². The van der Waals surface area contributed by atoms with E-state index in [1.54, 1.807) is 0 Å². The van der Waals surface area contributed by atoms with Crippen LogP contribution >= 0.6 is 0 Å². The smallest absolute Gasteiger partial charge is 0.407 e. The summed E-state index contributed by atoms with van der Waals surface area (Å²) in [5.41, 5.74) is 0. The summed E-state index contributed by atoms with van der Waals surface area (Å²) in [7, 11) is 0. The standard InChI is InChI=1S/C22H38N2O6/c1-2-3-13-24-22(28)29-15-20(25)23-14-12-17-16(18-10-11-19(17)30-18)8-6-4-5-7-9-21(26)27/h16-19H,2-15H2,1H3,(H,23,25)(H,24,28)(H,26,27). The van der Waals surface area contributed by atoms with Crippen molar-refractivity contribution in [1.82, 2.24) is 10.6 Å². The number of unbranched alkanes of at least 4 members (excludes halogenated alkanes) is 4. The summed E-state index contributed by atoms with van der Waals surface area (Å²) in [4.78, 5) is 34.0. The number of nitrogens with one attached hydrogen (secondary N) is 2. The van der Waals surface area contributed by atoms with Crippen LogP contribution in [0.2, 0.25) is 0 Å². The molecule has 3 N–H and O–H groups in total. The quantitative estimate of drug-likeness (QED) is 0.346. The summed E-state index contributed by atoms with van der Waals surface area (Å²) >= 11 is 0. The fourth-order valence-electron chi connectivity index (χ4n) is 4.66. The van der Waals surface area contributed by atoms with Crippen LogP contribution in [0.3, 0.4) is 0 Å². The van der Waals surface area contributed by atoms with Gasteiger partial charge in [0.2, 0.25) is 0 Å². The summed E-state index contributed by atoms with van der Waals surface area (Å²) in [6, 6.07) is 0. The van der Waals surface area contributed by atoms with Gasteiger partial charge in [-0.3, -0.25) is 9.59 Å². The minimum absolute atomic E-state index is 0.254. The van der Waals surface area contributed by atoms with Crippen molar-refractivity contribution in [3.8, 4) is 0 Å². The molecule has 0 aliphatic carbocycles. The largest absolute Gasteiger partial charge is 0.481 e. The van der Waals surface area contributed by atoms with Crippen LogP contribution in [0.15, 0.2) is 0 Å². The highest BCUT2D eigenvalue weighted by atomic mass is 16.6. The Balaban J connectivity index is 1.60. The molecule has 2 amide bonds. The third-order valence-corrected chi connectivity index (χ3v) is 6.20. The predicted molar refractivity (Wildman–Crippen MR) is 112 cm³/mol. The molecular weight excluding hydrogens is 388 g/mol. The van der Waals surface area contributed by atoms with Gasteiger partial charge in [-0.2, -0.15) is 0 Å². The van der Waals surface area contributed by atoms with Gasteiger partial charge in [0.1, 0.15) is 0 Å². The fraction of sp³-hybridized carbons (Fsp3) is 0.864. The Morgan fingerprint density at radius 1 is 0.933 bits per heavy atom. The highest BCUT2D eigenvalue weighted by Gasteiger charge is 2.47. The van der Waals surface area contributed by atoms with Gasteiger partial charge in [-0.1, -0.05) is 32.6 Å². The molecule has 0 radical (unpaired) electrons. The molecule has 2 heterocycles. The number of hydrogen-bond donors (Lipinski definition) is 3. The van der Waals surface area contributed by atoms with E-state index in [1.165, 1.54) is 0 Å². The topological polar surface area (TPSA) is 114 Å². The maximum atomic E-state index is 11.9. The van der Waals surface area contributed by atoms with Crippen molar-refractivity contribution in [3.63, 3.8) is 0 Å². The monoisotopic (exact) mass is 426 g/mol. The average molecular weight is 427 g/mol. The third kappa shape index (κ3) is 8.50. The van der Waals surface area contributed by atoms with E-state index in [-0.39, 0.29) is 18.9 Å². The summed E-state index contributed by atoms with van der Waals surface area (Å²) in [6.45, 7) is 2.90. The lowest BCUT2D eigenvalue weighted by molar-refractivity contribution is -0.137. The van der Waals surface area contributed by atoms with Crippen molar-refractivity contribution in [2.45, 2.75) is 89.8 Å². The number of carboxylic acids is 1. The average Bonchev–Trinajstić information content (AvgIpc) is 3.31. The van der Waals surface area contributed by atoms with E-state index in [9.17, 15) is 14.4 Å². The molecule has 0 aromatic heterocycles. The van der Waals surface area contributed by atoms with Crippen LogP contribution in [0.25, 0.3) is 0 Å². The Morgan fingerprint density at radius 3 is 2.33 bits per heavy atom. The molecule has 4 unspecified atom stereocenters. The number of fused-ring (bicyclic) bond motifs is 2. The molecule has 2 bridgehead atoms. The van der Waals surface area contributed by atoms with Crippen LogP contribution in [0.4, 0.5) is 4.79 Å². The number of alkyl carbamates (subject to hydrolysis) is 1. The van der Waals surface area contributed by atoms with Crippen LogP contribution in [0, 0.1) is 11.8 Å². The van der Waals surface area contributed by atoms with Crippen molar-refractivity contribution in [3.05, 3.63) is 0 Å². The van der Waals surface area contributed by atoms with E-state index in [1.807, 2.05) is 6.92 Å². The number of carboxylic acid groups (broad SMARTS) is 1. The Kier molecular flexibility index (Phi) is 11.0. The minimum Gasteiger partial charge on any atom is -0.481 e. The molecule has 8 heteroatoms. The van der Waals surface area contributed by atoms with Crippen molar-refractivity contribution in [1.29, 1.82) is 0 Å². The van der Waals surface area contributed by atoms with Crippen LogP contribution in [0.1, 0.15) is 77.6 Å². The molecule has 30 heavy (non-hydrogen) atoms. The summed E-state index contributed by atoms with van der Waals surface area (Å²) in [6.07, 6.45) is 10.3. The maximum absolute atomic E-state index is 11.9. The van der Waals surface area contributed by atoms with Crippen molar-refractivity contribution >= 4 is 18.0 Å². The molecule has 8 nitrogen and oxygen atoms in total. The van der Waals surface area contributed by atoms with Gasteiger partial charge in [-0.15, -0.1) is 0 Å². The molecule has 2 aliphatic rings. The van der Waals surface area contributed by atoms with Crippen molar-refractivity contribution in [2.75, 3.05) is 19.7 Å². The number of ether oxygens (including phenoxy) is 2. The van der Waals surface area contributed by atoms with Gasteiger partial charge in [0, 0.05) is 19.5 Å². The summed E-state index contributed by atoms with van der Waals surface area (Å²) in [5.74, 6) is -0.0112. The molecule has 0 saturated carbocycles. The Hall–Kier alpha value is -1.83. The van der Waals surface area contributed by atoms with Gasteiger partial charge in [0.05, 0.1) is 12.2 Å². The molecular formula is C22H38N2O6. The first kappa shape index (κ1) is 24.4. The van der Waals surface area contributed by atoms with E-state index >= 15 is 0 Å². The van der Waals surface area contributed by atoms with Crippen molar-refractivity contribution < 1.29 is 29.0 Å². The van der Waals surface area contributed by atoms with Gasteiger partial charge in [-0.05, 0) is 50.4 Å². The van der Waals surface area contributed by atoms with E-state index in [2.05, 4.69) is 10.6 Å². The van der Waals surface area contributed by atoms with Crippen molar-refractivity contribution in [2.24, 2.45) is 11.8 Å². The summed E-state index contributed by atoms with van der Waals surface area (Å²) in [5, 5.41) is 14.2. The normalized spacial score (nSPS) is 24.6. The molecule has 2 saturated heterocycles. The third-order valence-electron chi connectivity index (χ3n) is 6.20. The molecule has 2 rings (SSSR count). The minimum atomic E-state index is -0.721. The van der Waals surface area contributed by atoms with Crippen LogP contribution in [0.5, 0.6) is 0 Å². The first-order valence-corrected chi connectivity index (χ1v) is 11.6. The molecule has 172 valence electrons. The second-order valence-electron chi connectivity index (χ2n) is 8.46. The Morgan fingerprint density at radius 2 is 1.63 bits per heavy atom. The maximum Gasteiger partial charge on any atom is 0.407 e. The van der Waals surface area contributed by atoms with Crippen LogP contribution < -0.4 is 10.6 Å². The molecule has 0 spiro atoms. The molecule has 4 atom stereocenters. The first-order chi connectivity index (χ1) is 14.5. The molecule has 2 aliphatic heterocycles.